The van der Waals surface area contributed by atoms with Gasteiger partial charge in [0.2, 0.25) is 0 Å². The van der Waals surface area contributed by atoms with Gasteiger partial charge in [0.25, 0.3) is 0 Å². The Morgan fingerprint density at radius 2 is 0.649 bits per heavy atom. The summed E-state index contributed by atoms with van der Waals surface area (Å²) in [7, 11) is 0. The van der Waals surface area contributed by atoms with Crippen LogP contribution >= 0.6 is 0 Å². The summed E-state index contributed by atoms with van der Waals surface area (Å²) >= 11 is 0. The molecule has 10 aromatic rings. The van der Waals surface area contributed by atoms with Gasteiger partial charge in [0.15, 0.2) is 0 Å². The molecular formula is C54H26F18N2. The fourth-order valence-electron chi connectivity index (χ4n) is 9.51. The number of halogens is 18. The van der Waals surface area contributed by atoms with Crippen LogP contribution in [0.25, 0.3) is 88.4 Å². The number of fused-ring (bicyclic) bond motifs is 6. The van der Waals surface area contributed by atoms with Crippen LogP contribution in [0.4, 0.5) is 79.0 Å². The molecule has 2 heterocycles. The number of hydrogen-bond acceptors (Lipinski definition) is 0. The molecule has 0 fully saturated rings. The van der Waals surface area contributed by atoms with E-state index < -0.39 is 92.9 Å². The number of aromatic nitrogens is 2. The lowest BCUT2D eigenvalue weighted by Gasteiger charge is -2.23. The molecule has 2 nitrogen and oxygen atoms in total. The third kappa shape index (κ3) is 8.62. The van der Waals surface area contributed by atoms with Crippen LogP contribution < -0.4 is 0 Å². The minimum Gasteiger partial charge on any atom is -0.309 e. The molecule has 0 saturated carbocycles. The highest BCUT2D eigenvalue weighted by Crippen LogP contribution is 2.49. The summed E-state index contributed by atoms with van der Waals surface area (Å²) < 4.78 is 263. The topological polar surface area (TPSA) is 9.86 Å². The first-order valence-electron chi connectivity index (χ1n) is 21.6. The lowest BCUT2D eigenvalue weighted by atomic mass is 9.95. The second-order valence-electron chi connectivity index (χ2n) is 17.1. The Kier molecular flexibility index (Phi) is 11.3. The van der Waals surface area contributed by atoms with Crippen LogP contribution in [0.15, 0.2) is 158 Å². The van der Waals surface area contributed by atoms with Crippen molar-refractivity contribution in [2.75, 3.05) is 0 Å². The van der Waals surface area contributed by atoms with E-state index in [9.17, 15) is 65.9 Å². The smallest absolute Gasteiger partial charge is 0.309 e. The Bertz CT molecular complexity index is 3660. The zero-order valence-corrected chi connectivity index (χ0v) is 36.7. The Labute approximate surface area is 403 Å². The van der Waals surface area contributed by atoms with Crippen molar-refractivity contribution in [1.82, 2.24) is 9.13 Å². The van der Waals surface area contributed by atoms with Gasteiger partial charge >= 0.3 is 37.1 Å². The second kappa shape index (κ2) is 16.8. The Balaban J connectivity index is 1.29. The SMILES string of the molecule is FC(F)(F)c1cccc(-c2cc(-n3c4ccccc4c4cc(-c5ccc(C(F)(F)F)cc5C(F)(F)F)ccc43)c(C(F)(F)F)c(-n3c4ccccc4c4cc(-c5ccc(C(F)(F)F)cc5C(F)(F)F)ccc43)c2)c1. The van der Waals surface area contributed by atoms with Gasteiger partial charge in [-0.3, -0.25) is 0 Å². The van der Waals surface area contributed by atoms with Crippen molar-refractivity contribution in [2.24, 2.45) is 0 Å². The zero-order valence-electron chi connectivity index (χ0n) is 36.7. The second-order valence-corrected chi connectivity index (χ2v) is 17.1. The van der Waals surface area contributed by atoms with Gasteiger partial charge in [0.1, 0.15) is 5.56 Å². The van der Waals surface area contributed by atoms with Crippen LogP contribution in [-0.4, -0.2) is 9.13 Å². The predicted octanol–water partition coefficient (Wildman–Crippen LogP) is 19.0. The minimum atomic E-state index is -5.39. The van der Waals surface area contributed by atoms with E-state index in [4.69, 9.17) is 0 Å². The van der Waals surface area contributed by atoms with Gasteiger partial charge in [0.05, 0.1) is 61.3 Å². The molecule has 378 valence electrons. The van der Waals surface area contributed by atoms with E-state index in [1.54, 1.807) is 0 Å². The van der Waals surface area contributed by atoms with Gasteiger partial charge in [-0.05, 0) is 118 Å². The maximum absolute atomic E-state index is 16.4. The molecular weight excluding hydrogens is 1020 g/mol. The van der Waals surface area contributed by atoms with Crippen molar-refractivity contribution in [1.29, 1.82) is 0 Å². The van der Waals surface area contributed by atoms with Crippen molar-refractivity contribution in [3.63, 3.8) is 0 Å². The molecule has 0 spiro atoms. The van der Waals surface area contributed by atoms with Gasteiger partial charge in [-0.2, -0.15) is 79.0 Å². The largest absolute Gasteiger partial charge is 0.420 e. The number of nitrogens with zero attached hydrogens (tertiary/aromatic N) is 2. The maximum atomic E-state index is 16.4. The summed E-state index contributed by atoms with van der Waals surface area (Å²) in [6, 6.07) is 25.6. The van der Waals surface area contributed by atoms with Crippen molar-refractivity contribution in [2.45, 2.75) is 37.1 Å². The molecule has 0 unspecified atom stereocenters. The normalized spacial score (nSPS) is 13.3. The van der Waals surface area contributed by atoms with Gasteiger partial charge in [-0.1, -0.05) is 72.8 Å². The van der Waals surface area contributed by atoms with E-state index in [1.807, 2.05) is 0 Å². The Morgan fingerprint density at radius 1 is 0.257 bits per heavy atom. The predicted molar refractivity (Wildman–Crippen MR) is 241 cm³/mol. The number of alkyl halides is 18. The lowest BCUT2D eigenvalue weighted by Crippen LogP contribution is -2.16. The van der Waals surface area contributed by atoms with Crippen LogP contribution in [0.2, 0.25) is 0 Å². The number of rotatable bonds is 5. The average Bonchev–Trinajstić information content (AvgIpc) is 3.83. The number of para-hydroxylation sites is 2. The van der Waals surface area contributed by atoms with E-state index in [-0.39, 0.29) is 78.0 Å². The van der Waals surface area contributed by atoms with Crippen LogP contribution in [0, 0.1) is 0 Å². The minimum absolute atomic E-state index is 0.00960. The molecule has 0 N–H and O–H groups in total. The molecule has 0 atom stereocenters. The zero-order chi connectivity index (χ0) is 53.2. The number of hydrogen-bond donors (Lipinski definition) is 0. The fraction of sp³-hybridized carbons (Fsp3) is 0.111. The first-order chi connectivity index (χ1) is 34.5. The molecule has 0 bridgehead atoms. The monoisotopic (exact) mass is 1040 g/mol. The van der Waals surface area contributed by atoms with Crippen LogP contribution in [0.5, 0.6) is 0 Å². The van der Waals surface area contributed by atoms with Crippen molar-refractivity contribution in [3.8, 4) is 44.8 Å². The van der Waals surface area contributed by atoms with Gasteiger partial charge in [-0.25, -0.2) is 0 Å². The Hall–Kier alpha value is -7.90. The molecule has 10 rings (SSSR count). The molecule has 2 aromatic heterocycles. The quantitative estimate of drug-likeness (QED) is 0.152. The Morgan fingerprint density at radius 3 is 1.04 bits per heavy atom. The molecule has 0 saturated heterocycles. The summed E-state index contributed by atoms with van der Waals surface area (Å²) in [5, 5.41) is 0.289. The highest BCUT2D eigenvalue weighted by Gasteiger charge is 2.42. The lowest BCUT2D eigenvalue weighted by molar-refractivity contribution is -0.144. The number of benzene rings is 8. The van der Waals surface area contributed by atoms with Crippen LogP contribution in [0.3, 0.4) is 0 Å². The van der Waals surface area contributed by atoms with E-state index in [1.165, 1.54) is 54.6 Å². The summed E-state index contributed by atoms with van der Waals surface area (Å²) in [6.45, 7) is 0. The first kappa shape index (κ1) is 49.7. The molecule has 0 aliphatic carbocycles. The molecule has 0 radical (unpaired) electrons. The molecule has 74 heavy (non-hydrogen) atoms. The third-order valence-electron chi connectivity index (χ3n) is 12.7. The highest BCUT2D eigenvalue weighted by molar-refractivity contribution is 6.12. The molecule has 20 heteroatoms. The summed E-state index contributed by atoms with van der Waals surface area (Å²) in [5.74, 6) is 0. The van der Waals surface area contributed by atoms with Gasteiger partial charge < -0.3 is 9.13 Å². The maximum Gasteiger partial charge on any atom is 0.420 e. The molecule has 0 amide bonds. The van der Waals surface area contributed by atoms with Crippen molar-refractivity contribution in [3.05, 3.63) is 191 Å². The van der Waals surface area contributed by atoms with Gasteiger partial charge in [-0.15, -0.1) is 0 Å². The first-order valence-corrected chi connectivity index (χ1v) is 21.6. The third-order valence-corrected chi connectivity index (χ3v) is 12.7. The summed E-state index contributed by atoms with van der Waals surface area (Å²) in [6.07, 6.45) is -31.3. The summed E-state index contributed by atoms with van der Waals surface area (Å²) in [5.41, 5.74) is -13.2. The van der Waals surface area contributed by atoms with E-state index in [2.05, 4.69) is 0 Å². The van der Waals surface area contributed by atoms with Crippen molar-refractivity contribution >= 4 is 43.6 Å². The highest BCUT2D eigenvalue weighted by atomic mass is 19.4. The van der Waals surface area contributed by atoms with E-state index >= 15 is 13.2 Å². The van der Waals surface area contributed by atoms with E-state index in [0.717, 1.165) is 69.8 Å². The molecule has 0 aliphatic heterocycles. The standard InChI is InChI=1S/C54H26F18N2/c55-49(56,57)31-7-5-6-27(20-31)30-23-46(73-42-10-3-1-8-36(42)38-21-28(12-18-44(38)73)34-16-14-32(50(58,59)60)25-40(34)52(64,65)66)48(54(70,71)72)47(24-30)74-43-11-4-2-9-37(43)39-22-29(13-19-45(39)74)35-17-15-33(51(61,62)63)26-41(35)53(67,68)69/h1-26H. The fourth-order valence-corrected chi connectivity index (χ4v) is 9.51. The average molecular weight is 1040 g/mol. The van der Waals surface area contributed by atoms with Crippen molar-refractivity contribution < 1.29 is 79.0 Å². The van der Waals surface area contributed by atoms with Crippen LogP contribution in [0.1, 0.15) is 33.4 Å². The van der Waals surface area contributed by atoms with Crippen LogP contribution in [-0.2, 0) is 37.1 Å². The van der Waals surface area contributed by atoms with E-state index in [0.29, 0.717) is 30.3 Å². The molecule has 8 aromatic carbocycles. The molecule has 0 aliphatic rings. The summed E-state index contributed by atoms with van der Waals surface area (Å²) in [4.78, 5) is 0. The van der Waals surface area contributed by atoms with Gasteiger partial charge in [0, 0.05) is 21.5 Å².